The molecule has 104 valence electrons. The van der Waals surface area contributed by atoms with Crippen molar-refractivity contribution in [1.82, 2.24) is 5.32 Å². The van der Waals surface area contributed by atoms with E-state index in [1.165, 1.54) is 5.56 Å². The SMILES string of the molecule is CC(C)OC(=O)C1(Cc2ccccc2)CCCNC1. The summed E-state index contributed by atoms with van der Waals surface area (Å²) in [6.07, 6.45) is 2.63. The highest BCUT2D eigenvalue weighted by molar-refractivity contribution is 5.78. The van der Waals surface area contributed by atoms with Crippen molar-refractivity contribution in [3.05, 3.63) is 35.9 Å². The highest BCUT2D eigenvalue weighted by Gasteiger charge is 2.41. The summed E-state index contributed by atoms with van der Waals surface area (Å²) < 4.78 is 5.49. The molecule has 1 atom stereocenters. The molecule has 0 amide bonds. The first-order valence-electron chi connectivity index (χ1n) is 7.08. The molecule has 1 aliphatic rings. The van der Waals surface area contributed by atoms with Gasteiger partial charge in [0.25, 0.3) is 0 Å². The molecule has 0 aromatic heterocycles. The van der Waals surface area contributed by atoms with Crippen molar-refractivity contribution in [1.29, 1.82) is 0 Å². The van der Waals surface area contributed by atoms with Crippen LogP contribution in [0.25, 0.3) is 0 Å². The number of esters is 1. The number of nitrogens with one attached hydrogen (secondary N) is 1. The first kappa shape index (κ1) is 14.1. The quantitative estimate of drug-likeness (QED) is 0.847. The van der Waals surface area contributed by atoms with E-state index in [4.69, 9.17) is 4.74 Å². The highest BCUT2D eigenvalue weighted by atomic mass is 16.5. The van der Waals surface area contributed by atoms with Crippen LogP contribution in [0.15, 0.2) is 30.3 Å². The Hall–Kier alpha value is -1.35. The minimum absolute atomic E-state index is 0.0536. The molecule has 1 aromatic rings. The van der Waals surface area contributed by atoms with Crippen LogP contribution in [0.1, 0.15) is 32.3 Å². The van der Waals surface area contributed by atoms with Crippen LogP contribution in [0.5, 0.6) is 0 Å². The molecule has 1 unspecified atom stereocenters. The number of carbonyl (C=O) groups excluding carboxylic acids is 1. The van der Waals surface area contributed by atoms with Crippen LogP contribution in [0.3, 0.4) is 0 Å². The lowest BCUT2D eigenvalue weighted by Gasteiger charge is -2.36. The van der Waals surface area contributed by atoms with Gasteiger partial charge in [-0.25, -0.2) is 0 Å². The lowest BCUT2D eigenvalue weighted by atomic mass is 9.75. The Morgan fingerprint density at radius 2 is 2.11 bits per heavy atom. The van der Waals surface area contributed by atoms with E-state index >= 15 is 0 Å². The molecule has 1 saturated heterocycles. The summed E-state index contributed by atoms with van der Waals surface area (Å²) in [5, 5.41) is 3.35. The smallest absolute Gasteiger partial charge is 0.313 e. The zero-order chi connectivity index (χ0) is 13.7. The summed E-state index contributed by atoms with van der Waals surface area (Å²) in [5.74, 6) is -0.0569. The number of carbonyl (C=O) groups is 1. The van der Waals surface area contributed by atoms with Crippen LogP contribution in [-0.2, 0) is 16.0 Å². The third-order valence-electron chi connectivity index (χ3n) is 3.63. The first-order chi connectivity index (χ1) is 9.12. The Morgan fingerprint density at radius 1 is 1.37 bits per heavy atom. The molecule has 1 N–H and O–H groups in total. The van der Waals surface area contributed by atoms with Gasteiger partial charge in [0.2, 0.25) is 0 Å². The summed E-state index contributed by atoms with van der Waals surface area (Å²) >= 11 is 0. The van der Waals surface area contributed by atoms with E-state index in [1.807, 2.05) is 32.0 Å². The van der Waals surface area contributed by atoms with Crippen molar-refractivity contribution >= 4 is 5.97 Å². The fraction of sp³-hybridized carbons (Fsp3) is 0.562. The average Bonchev–Trinajstić information content (AvgIpc) is 2.40. The normalized spacial score (nSPS) is 23.3. The van der Waals surface area contributed by atoms with Crippen LogP contribution in [0, 0.1) is 5.41 Å². The monoisotopic (exact) mass is 261 g/mol. The molecule has 0 bridgehead atoms. The largest absolute Gasteiger partial charge is 0.463 e. The maximum atomic E-state index is 12.5. The number of ether oxygens (including phenoxy) is 1. The van der Waals surface area contributed by atoms with E-state index in [9.17, 15) is 4.79 Å². The topological polar surface area (TPSA) is 38.3 Å². The number of piperidine rings is 1. The predicted octanol–water partition coefficient (Wildman–Crippen LogP) is 2.55. The fourth-order valence-corrected chi connectivity index (χ4v) is 2.69. The molecule has 1 heterocycles. The molecule has 3 heteroatoms. The first-order valence-corrected chi connectivity index (χ1v) is 7.08. The van der Waals surface area contributed by atoms with Crippen molar-refractivity contribution in [2.24, 2.45) is 5.41 Å². The Morgan fingerprint density at radius 3 is 2.68 bits per heavy atom. The molecule has 3 nitrogen and oxygen atoms in total. The van der Waals surface area contributed by atoms with Gasteiger partial charge in [0, 0.05) is 6.54 Å². The maximum Gasteiger partial charge on any atom is 0.313 e. The molecule has 1 aromatic carbocycles. The van der Waals surface area contributed by atoms with Crippen molar-refractivity contribution in [2.75, 3.05) is 13.1 Å². The van der Waals surface area contributed by atoms with Gasteiger partial charge in [-0.05, 0) is 45.2 Å². The second-order valence-electron chi connectivity index (χ2n) is 5.68. The predicted molar refractivity (Wildman–Crippen MR) is 75.9 cm³/mol. The van der Waals surface area contributed by atoms with Crippen molar-refractivity contribution < 1.29 is 9.53 Å². The minimum atomic E-state index is -0.399. The van der Waals surface area contributed by atoms with Gasteiger partial charge in [-0.2, -0.15) is 0 Å². The van der Waals surface area contributed by atoms with Gasteiger partial charge in [-0.15, -0.1) is 0 Å². The van der Waals surface area contributed by atoms with E-state index in [0.29, 0.717) is 6.54 Å². The van der Waals surface area contributed by atoms with Gasteiger partial charge in [0.05, 0.1) is 11.5 Å². The van der Waals surface area contributed by atoms with Crippen LogP contribution < -0.4 is 5.32 Å². The van der Waals surface area contributed by atoms with E-state index in [2.05, 4.69) is 17.4 Å². The molecular weight excluding hydrogens is 238 g/mol. The summed E-state index contributed by atoms with van der Waals surface area (Å²) in [7, 11) is 0. The lowest BCUT2D eigenvalue weighted by molar-refractivity contribution is -0.161. The van der Waals surface area contributed by atoms with Crippen LogP contribution >= 0.6 is 0 Å². The van der Waals surface area contributed by atoms with Gasteiger partial charge in [-0.3, -0.25) is 4.79 Å². The molecule has 19 heavy (non-hydrogen) atoms. The van der Waals surface area contributed by atoms with Crippen LogP contribution in [0.4, 0.5) is 0 Å². The van der Waals surface area contributed by atoms with Gasteiger partial charge in [0.15, 0.2) is 0 Å². The second-order valence-corrected chi connectivity index (χ2v) is 5.68. The second kappa shape index (κ2) is 6.20. The molecule has 1 aliphatic heterocycles. The average molecular weight is 261 g/mol. The van der Waals surface area contributed by atoms with Gasteiger partial charge in [0.1, 0.15) is 0 Å². The number of benzene rings is 1. The molecule has 0 aliphatic carbocycles. The van der Waals surface area contributed by atoms with Crippen molar-refractivity contribution in [2.45, 2.75) is 39.2 Å². The van der Waals surface area contributed by atoms with E-state index in [0.717, 1.165) is 25.8 Å². The zero-order valence-corrected chi connectivity index (χ0v) is 11.8. The molecule has 2 rings (SSSR count). The van der Waals surface area contributed by atoms with Crippen molar-refractivity contribution in [3.63, 3.8) is 0 Å². The van der Waals surface area contributed by atoms with E-state index in [1.54, 1.807) is 0 Å². The Bertz CT molecular complexity index is 408. The standard InChI is InChI=1S/C16H23NO2/c1-13(2)19-15(18)16(9-6-10-17-12-16)11-14-7-4-3-5-8-14/h3-5,7-8,13,17H,6,9-12H2,1-2H3. The molecule has 1 fully saturated rings. The third-order valence-corrected chi connectivity index (χ3v) is 3.63. The van der Waals surface area contributed by atoms with Crippen LogP contribution in [-0.4, -0.2) is 25.2 Å². The van der Waals surface area contributed by atoms with Crippen molar-refractivity contribution in [3.8, 4) is 0 Å². The van der Waals surface area contributed by atoms with Gasteiger partial charge < -0.3 is 10.1 Å². The number of hydrogen-bond donors (Lipinski definition) is 1. The van der Waals surface area contributed by atoms with Gasteiger partial charge in [-0.1, -0.05) is 30.3 Å². The molecule has 0 radical (unpaired) electrons. The van der Waals surface area contributed by atoms with Crippen LogP contribution in [0.2, 0.25) is 0 Å². The summed E-state index contributed by atoms with van der Waals surface area (Å²) in [4.78, 5) is 12.5. The lowest BCUT2D eigenvalue weighted by Crippen LogP contribution is -2.48. The molecule has 0 saturated carbocycles. The highest BCUT2D eigenvalue weighted by Crippen LogP contribution is 2.32. The van der Waals surface area contributed by atoms with E-state index in [-0.39, 0.29) is 12.1 Å². The molecular formula is C16H23NO2. The summed E-state index contributed by atoms with van der Waals surface area (Å²) in [5.41, 5.74) is 0.802. The third kappa shape index (κ3) is 3.57. The molecule has 0 spiro atoms. The van der Waals surface area contributed by atoms with E-state index < -0.39 is 5.41 Å². The maximum absolute atomic E-state index is 12.5. The van der Waals surface area contributed by atoms with Gasteiger partial charge >= 0.3 is 5.97 Å². The fourth-order valence-electron chi connectivity index (χ4n) is 2.69. The Balaban J connectivity index is 2.17. The summed E-state index contributed by atoms with van der Waals surface area (Å²) in [6, 6.07) is 10.2. The Kier molecular flexibility index (Phi) is 4.59. The zero-order valence-electron chi connectivity index (χ0n) is 11.8. The Labute approximate surface area is 115 Å². The summed E-state index contributed by atoms with van der Waals surface area (Å²) in [6.45, 7) is 5.52. The number of hydrogen-bond acceptors (Lipinski definition) is 3. The number of rotatable bonds is 4. The minimum Gasteiger partial charge on any atom is -0.463 e.